The molecule has 2 heterocycles. The van der Waals surface area contributed by atoms with Crippen LogP contribution in [0.1, 0.15) is 24.8 Å². The molecule has 6 nitrogen and oxygen atoms in total. The molecule has 1 aliphatic rings. The first-order chi connectivity index (χ1) is 10.4. The summed E-state index contributed by atoms with van der Waals surface area (Å²) in [4.78, 5) is 0. The van der Waals surface area contributed by atoms with Gasteiger partial charge in [-0.2, -0.15) is 5.26 Å². The van der Waals surface area contributed by atoms with Crippen LogP contribution in [0.4, 0.5) is 0 Å². The monoisotopic (exact) mass is 303 g/mol. The molecule has 1 atom stereocenters. The van der Waals surface area contributed by atoms with Crippen molar-refractivity contribution in [3.05, 3.63) is 30.2 Å². The van der Waals surface area contributed by atoms with Crippen molar-refractivity contribution >= 4 is 11.8 Å². The van der Waals surface area contributed by atoms with Gasteiger partial charge in [-0.05, 0) is 18.6 Å². The minimum Gasteiger partial charge on any atom is -0.485 e. The Balaban J connectivity index is 1.61. The Morgan fingerprint density at radius 2 is 2.14 bits per heavy atom. The molecule has 1 unspecified atom stereocenters. The van der Waals surface area contributed by atoms with E-state index in [9.17, 15) is 0 Å². The lowest BCUT2D eigenvalue weighted by molar-refractivity contribution is 0.0686. The van der Waals surface area contributed by atoms with E-state index in [1.807, 2.05) is 24.3 Å². The van der Waals surface area contributed by atoms with Crippen LogP contribution in [-0.4, -0.2) is 22.6 Å². The second kappa shape index (κ2) is 6.50. The maximum absolute atomic E-state index is 8.48. The van der Waals surface area contributed by atoms with Crippen molar-refractivity contribution in [2.75, 3.05) is 12.4 Å². The third kappa shape index (κ3) is 3.28. The van der Waals surface area contributed by atoms with Crippen molar-refractivity contribution in [3.8, 4) is 17.6 Å². The molecule has 0 N–H and O–H groups in total. The van der Waals surface area contributed by atoms with E-state index in [1.165, 1.54) is 11.8 Å². The number of nitriles is 1. The van der Waals surface area contributed by atoms with Gasteiger partial charge in [-0.3, -0.25) is 0 Å². The van der Waals surface area contributed by atoms with E-state index in [4.69, 9.17) is 19.2 Å². The number of aromatic nitrogens is 2. The van der Waals surface area contributed by atoms with E-state index < -0.39 is 0 Å². The summed E-state index contributed by atoms with van der Waals surface area (Å²) in [7, 11) is 0. The van der Waals surface area contributed by atoms with Gasteiger partial charge >= 0.3 is 0 Å². The van der Waals surface area contributed by atoms with Crippen molar-refractivity contribution in [1.82, 2.24) is 10.2 Å². The number of hydrogen-bond donors (Lipinski definition) is 0. The van der Waals surface area contributed by atoms with Crippen LogP contribution in [0.3, 0.4) is 0 Å². The lowest BCUT2D eigenvalue weighted by atomic mass is 10.2. The third-order valence-corrected chi connectivity index (χ3v) is 3.77. The van der Waals surface area contributed by atoms with Crippen LogP contribution in [0.25, 0.3) is 0 Å². The van der Waals surface area contributed by atoms with Crippen LogP contribution in [0.15, 0.2) is 33.9 Å². The number of unbranched alkanes of at least 4 members (excludes halogenated alkanes) is 1. The molecular formula is C14H13N3O3S. The highest BCUT2D eigenvalue weighted by molar-refractivity contribution is 7.99. The molecule has 0 aliphatic carbocycles. The molecule has 0 saturated carbocycles. The molecule has 0 spiro atoms. The second-order valence-corrected chi connectivity index (χ2v) is 5.43. The second-order valence-electron chi connectivity index (χ2n) is 4.38. The van der Waals surface area contributed by atoms with E-state index in [0.29, 0.717) is 29.9 Å². The Hall–Kier alpha value is -2.20. The standard InChI is InChI=1S/C14H13N3O3S/c15-7-3-4-8-21-14-17-16-13(20-14)12-9-18-10-5-1-2-6-11(10)19-12/h1-2,5-6,12H,3-4,8-9H2. The number of nitrogens with zero attached hydrogens (tertiary/aromatic N) is 3. The summed E-state index contributed by atoms with van der Waals surface area (Å²) in [6, 6.07) is 9.58. The Morgan fingerprint density at radius 1 is 1.29 bits per heavy atom. The summed E-state index contributed by atoms with van der Waals surface area (Å²) in [5.74, 6) is 2.59. The fourth-order valence-electron chi connectivity index (χ4n) is 1.86. The fourth-order valence-corrected chi connectivity index (χ4v) is 2.57. The summed E-state index contributed by atoms with van der Waals surface area (Å²) in [6.45, 7) is 0.345. The number of rotatable bonds is 5. The molecule has 1 aromatic heterocycles. The summed E-state index contributed by atoms with van der Waals surface area (Å²) in [6.07, 6.45) is 0.945. The van der Waals surface area contributed by atoms with Crippen LogP contribution < -0.4 is 9.47 Å². The largest absolute Gasteiger partial charge is 0.485 e. The van der Waals surface area contributed by atoms with Gasteiger partial charge in [-0.15, -0.1) is 10.2 Å². The molecule has 21 heavy (non-hydrogen) atoms. The Kier molecular flexibility index (Phi) is 4.26. The molecule has 7 heteroatoms. The third-order valence-electron chi connectivity index (χ3n) is 2.86. The lowest BCUT2D eigenvalue weighted by Crippen LogP contribution is -2.21. The molecule has 0 bridgehead atoms. The van der Waals surface area contributed by atoms with Crippen molar-refractivity contribution in [3.63, 3.8) is 0 Å². The van der Waals surface area contributed by atoms with E-state index in [0.717, 1.165) is 17.9 Å². The predicted octanol–water partition coefficient (Wildman–Crippen LogP) is 2.98. The van der Waals surface area contributed by atoms with Gasteiger partial charge in [0.2, 0.25) is 6.10 Å². The zero-order chi connectivity index (χ0) is 14.5. The Labute approximate surface area is 126 Å². The zero-order valence-corrected chi connectivity index (χ0v) is 12.0. The minimum absolute atomic E-state index is 0.345. The molecule has 0 saturated heterocycles. The fraction of sp³-hybridized carbons (Fsp3) is 0.357. The van der Waals surface area contributed by atoms with Gasteiger partial charge in [0, 0.05) is 12.2 Å². The van der Waals surface area contributed by atoms with E-state index in [-0.39, 0.29) is 6.10 Å². The topological polar surface area (TPSA) is 81.2 Å². The highest BCUT2D eigenvalue weighted by Crippen LogP contribution is 2.35. The number of benzene rings is 1. The van der Waals surface area contributed by atoms with Gasteiger partial charge < -0.3 is 13.9 Å². The maximum Gasteiger partial charge on any atom is 0.276 e. The van der Waals surface area contributed by atoms with Crippen molar-refractivity contribution in [2.24, 2.45) is 0 Å². The van der Waals surface area contributed by atoms with Crippen LogP contribution in [-0.2, 0) is 0 Å². The average Bonchev–Trinajstić information content (AvgIpc) is 3.00. The molecule has 1 aromatic carbocycles. The quantitative estimate of drug-likeness (QED) is 0.620. The highest BCUT2D eigenvalue weighted by Gasteiger charge is 2.27. The molecule has 0 radical (unpaired) electrons. The van der Waals surface area contributed by atoms with Crippen LogP contribution in [0.5, 0.6) is 11.5 Å². The SMILES string of the molecule is N#CCCCSc1nnc(C2COc3ccccc3O2)o1. The first-order valence-corrected chi connectivity index (χ1v) is 7.57. The van der Waals surface area contributed by atoms with E-state index >= 15 is 0 Å². The Morgan fingerprint density at radius 3 is 3.00 bits per heavy atom. The van der Waals surface area contributed by atoms with E-state index in [2.05, 4.69) is 16.3 Å². The minimum atomic E-state index is -0.388. The van der Waals surface area contributed by atoms with Gasteiger partial charge in [0.1, 0.15) is 6.61 Å². The number of fused-ring (bicyclic) bond motifs is 1. The highest BCUT2D eigenvalue weighted by atomic mass is 32.2. The van der Waals surface area contributed by atoms with E-state index in [1.54, 1.807) is 0 Å². The zero-order valence-electron chi connectivity index (χ0n) is 11.2. The van der Waals surface area contributed by atoms with Gasteiger partial charge in [0.15, 0.2) is 11.5 Å². The van der Waals surface area contributed by atoms with Crippen LogP contribution in [0, 0.1) is 11.3 Å². The summed E-state index contributed by atoms with van der Waals surface area (Å²) < 4.78 is 17.0. The van der Waals surface area contributed by atoms with Crippen molar-refractivity contribution in [2.45, 2.75) is 24.2 Å². The smallest absolute Gasteiger partial charge is 0.276 e. The number of thioether (sulfide) groups is 1. The maximum atomic E-state index is 8.48. The summed E-state index contributed by atoms with van der Waals surface area (Å²) in [5.41, 5.74) is 0. The number of ether oxygens (including phenoxy) is 2. The normalized spacial score (nSPS) is 16.4. The average molecular weight is 303 g/mol. The molecule has 1 aliphatic heterocycles. The molecule has 2 aromatic rings. The molecule has 0 fully saturated rings. The van der Waals surface area contributed by atoms with Gasteiger partial charge in [0.05, 0.1) is 6.07 Å². The predicted molar refractivity (Wildman–Crippen MR) is 75.2 cm³/mol. The van der Waals surface area contributed by atoms with Crippen LogP contribution >= 0.6 is 11.8 Å². The van der Waals surface area contributed by atoms with Gasteiger partial charge in [-0.1, -0.05) is 23.9 Å². The molecular weight excluding hydrogens is 290 g/mol. The number of para-hydroxylation sites is 2. The van der Waals surface area contributed by atoms with Crippen molar-refractivity contribution < 1.29 is 13.9 Å². The molecule has 0 amide bonds. The van der Waals surface area contributed by atoms with Gasteiger partial charge in [-0.25, -0.2) is 0 Å². The summed E-state index contributed by atoms with van der Waals surface area (Å²) >= 11 is 1.44. The lowest BCUT2D eigenvalue weighted by Gasteiger charge is -2.23. The van der Waals surface area contributed by atoms with Crippen molar-refractivity contribution in [1.29, 1.82) is 5.26 Å². The number of hydrogen-bond acceptors (Lipinski definition) is 7. The summed E-state index contributed by atoms with van der Waals surface area (Å²) in [5, 5.41) is 16.9. The first-order valence-electron chi connectivity index (χ1n) is 6.58. The van der Waals surface area contributed by atoms with Crippen LogP contribution in [0.2, 0.25) is 0 Å². The van der Waals surface area contributed by atoms with Gasteiger partial charge in [0.25, 0.3) is 11.1 Å². The first kappa shape index (κ1) is 13.8. The Bertz CT molecular complexity index is 653. The molecule has 3 rings (SSSR count). The molecule has 108 valence electrons.